The highest BCUT2D eigenvalue weighted by atomic mass is 16.5. The molecular weight excluding hydrogens is 212 g/mol. The summed E-state index contributed by atoms with van der Waals surface area (Å²) in [6, 6.07) is 6.17. The van der Waals surface area contributed by atoms with Gasteiger partial charge >= 0.3 is 0 Å². The summed E-state index contributed by atoms with van der Waals surface area (Å²) >= 11 is 0. The predicted octanol–water partition coefficient (Wildman–Crippen LogP) is 3.78. The molecule has 2 aromatic carbocycles. The zero-order chi connectivity index (χ0) is 12.6. The first-order valence-corrected chi connectivity index (χ1v) is 5.71. The van der Waals surface area contributed by atoms with Gasteiger partial charge in [0.1, 0.15) is 11.5 Å². The van der Waals surface area contributed by atoms with Crippen molar-refractivity contribution in [3.63, 3.8) is 0 Å². The highest BCUT2D eigenvalue weighted by Gasteiger charge is 2.11. The van der Waals surface area contributed by atoms with Gasteiger partial charge in [-0.1, -0.05) is 6.07 Å². The number of hydrogen-bond donors (Lipinski definition) is 0. The molecular formula is C15H18O2. The van der Waals surface area contributed by atoms with Crippen LogP contribution in [-0.4, -0.2) is 14.2 Å². The van der Waals surface area contributed by atoms with Gasteiger partial charge in [0.2, 0.25) is 0 Å². The summed E-state index contributed by atoms with van der Waals surface area (Å²) in [6.45, 7) is 6.32. The van der Waals surface area contributed by atoms with Crippen LogP contribution in [0.5, 0.6) is 11.5 Å². The molecule has 0 aliphatic heterocycles. The Labute approximate surface area is 102 Å². The van der Waals surface area contributed by atoms with Gasteiger partial charge in [0.15, 0.2) is 0 Å². The minimum absolute atomic E-state index is 0.935. The average Bonchev–Trinajstić information content (AvgIpc) is 2.33. The van der Waals surface area contributed by atoms with Crippen molar-refractivity contribution < 1.29 is 9.47 Å². The van der Waals surface area contributed by atoms with Crippen molar-refractivity contribution in [1.82, 2.24) is 0 Å². The van der Waals surface area contributed by atoms with Crippen LogP contribution in [0.4, 0.5) is 0 Å². The Balaban J connectivity index is 2.87. The minimum Gasteiger partial charge on any atom is -0.496 e. The highest BCUT2D eigenvalue weighted by Crippen LogP contribution is 2.35. The van der Waals surface area contributed by atoms with Crippen molar-refractivity contribution in [2.75, 3.05) is 14.2 Å². The SMILES string of the molecule is COc1cc2ccc(OC)c(C)c2c(C)c1C. The molecule has 0 amide bonds. The van der Waals surface area contributed by atoms with Crippen LogP contribution in [0.1, 0.15) is 16.7 Å². The second-order valence-corrected chi connectivity index (χ2v) is 4.32. The van der Waals surface area contributed by atoms with E-state index in [9.17, 15) is 0 Å². The van der Waals surface area contributed by atoms with Gasteiger partial charge in [-0.3, -0.25) is 0 Å². The maximum absolute atomic E-state index is 5.40. The van der Waals surface area contributed by atoms with Crippen LogP contribution >= 0.6 is 0 Å². The molecule has 0 saturated heterocycles. The summed E-state index contributed by atoms with van der Waals surface area (Å²) in [7, 11) is 3.42. The van der Waals surface area contributed by atoms with E-state index in [1.807, 2.05) is 6.07 Å². The molecule has 0 heterocycles. The summed E-state index contributed by atoms with van der Waals surface area (Å²) in [6.07, 6.45) is 0. The molecule has 90 valence electrons. The Bertz CT molecular complexity index is 571. The standard InChI is InChI=1S/C15H18O2/c1-9-10(2)15-11(3)13(16-4)7-6-12(15)8-14(9)17-5/h6-8H,1-5H3. The van der Waals surface area contributed by atoms with Crippen LogP contribution in [-0.2, 0) is 0 Å². The van der Waals surface area contributed by atoms with Crippen LogP contribution in [0.15, 0.2) is 18.2 Å². The highest BCUT2D eigenvalue weighted by molar-refractivity contribution is 5.92. The number of ether oxygens (including phenoxy) is 2. The molecule has 0 radical (unpaired) electrons. The number of benzene rings is 2. The maximum Gasteiger partial charge on any atom is 0.122 e. The van der Waals surface area contributed by atoms with Crippen molar-refractivity contribution in [3.05, 3.63) is 34.9 Å². The molecule has 2 nitrogen and oxygen atoms in total. The van der Waals surface area contributed by atoms with Crippen molar-refractivity contribution in [2.24, 2.45) is 0 Å². The smallest absolute Gasteiger partial charge is 0.122 e. The van der Waals surface area contributed by atoms with Crippen LogP contribution in [0.2, 0.25) is 0 Å². The molecule has 0 atom stereocenters. The van der Waals surface area contributed by atoms with Crippen molar-refractivity contribution >= 4 is 10.8 Å². The van der Waals surface area contributed by atoms with Gasteiger partial charge in [-0.15, -0.1) is 0 Å². The van der Waals surface area contributed by atoms with Gasteiger partial charge in [-0.25, -0.2) is 0 Å². The molecule has 0 fully saturated rings. The first-order chi connectivity index (χ1) is 8.10. The lowest BCUT2D eigenvalue weighted by atomic mass is 9.96. The van der Waals surface area contributed by atoms with E-state index in [1.165, 1.54) is 27.5 Å². The van der Waals surface area contributed by atoms with E-state index in [0.717, 1.165) is 11.5 Å². The molecule has 2 rings (SSSR count). The predicted molar refractivity (Wildman–Crippen MR) is 71.3 cm³/mol. The molecule has 0 bridgehead atoms. The van der Waals surface area contributed by atoms with E-state index in [4.69, 9.17) is 9.47 Å². The normalized spacial score (nSPS) is 10.6. The van der Waals surface area contributed by atoms with E-state index >= 15 is 0 Å². The second kappa shape index (κ2) is 4.28. The molecule has 0 spiro atoms. The molecule has 0 aliphatic carbocycles. The fourth-order valence-electron chi connectivity index (χ4n) is 2.39. The number of rotatable bonds is 2. The van der Waals surface area contributed by atoms with E-state index in [0.29, 0.717) is 0 Å². The zero-order valence-electron chi connectivity index (χ0n) is 11.0. The molecule has 17 heavy (non-hydrogen) atoms. The third kappa shape index (κ3) is 1.74. The van der Waals surface area contributed by atoms with Crippen LogP contribution in [0.3, 0.4) is 0 Å². The number of hydrogen-bond acceptors (Lipinski definition) is 2. The van der Waals surface area contributed by atoms with E-state index in [2.05, 4.69) is 32.9 Å². The summed E-state index contributed by atoms with van der Waals surface area (Å²) in [4.78, 5) is 0. The topological polar surface area (TPSA) is 18.5 Å². The molecule has 2 aromatic rings. The van der Waals surface area contributed by atoms with Crippen molar-refractivity contribution in [1.29, 1.82) is 0 Å². The van der Waals surface area contributed by atoms with Gasteiger partial charge in [0, 0.05) is 0 Å². The van der Waals surface area contributed by atoms with Crippen LogP contribution in [0.25, 0.3) is 10.8 Å². The first kappa shape index (κ1) is 11.8. The largest absolute Gasteiger partial charge is 0.496 e. The molecule has 0 saturated carbocycles. The van der Waals surface area contributed by atoms with Gasteiger partial charge in [-0.05, 0) is 60.4 Å². The Morgan fingerprint density at radius 3 is 2.00 bits per heavy atom. The molecule has 0 N–H and O–H groups in total. The Kier molecular flexibility index (Phi) is 2.97. The van der Waals surface area contributed by atoms with Crippen LogP contribution in [0, 0.1) is 20.8 Å². The monoisotopic (exact) mass is 230 g/mol. The molecule has 0 aliphatic rings. The maximum atomic E-state index is 5.40. The molecule has 0 aromatic heterocycles. The van der Waals surface area contributed by atoms with Gasteiger partial charge in [0.25, 0.3) is 0 Å². The first-order valence-electron chi connectivity index (χ1n) is 5.71. The van der Waals surface area contributed by atoms with E-state index in [1.54, 1.807) is 14.2 Å². The Morgan fingerprint density at radius 1 is 0.765 bits per heavy atom. The average molecular weight is 230 g/mol. The van der Waals surface area contributed by atoms with Crippen molar-refractivity contribution in [2.45, 2.75) is 20.8 Å². The zero-order valence-corrected chi connectivity index (χ0v) is 11.0. The van der Waals surface area contributed by atoms with E-state index < -0.39 is 0 Å². The fraction of sp³-hybridized carbons (Fsp3) is 0.333. The summed E-state index contributed by atoms with van der Waals surface area (Å²) < 4.78 is 10.8. The Morgan fingerprint density at radius 2 is 1.41 bits per heavy atom. The number of aryl methyl sites for hydroxylation is 2. The minimum atomic E-state index is 0.935. The Hall–Kier alpha value is -1.70. The molecule has 0 unspecified atom stereocenters. The van der Waals surface area contributed by atoms with Gasteiger partial charge < -0.3 is 9.47 Å². The fourth-order valence-corrected chi connectivity index (χ4v) is 2.39. The summed E-state index contributed by atoms with van der Waals surface area (Å²) in [5, 5.41) is 2.46. The number of methoxy groups -OCH3 is 2. The number of fused-ring (bicyclic) bond motifs is 1. The quantitative estimate of drug-likeness (QED) is 0.781. The van der Waals surface area contributed by atoms with Gasteiger partial charge in [-0.2, -0.15) is 0 Å². The van der Waals surface area contributed by atoms with E-state index in [-0.39, 0.29) is 0 Å². The summed E-state index contributed by atoms with van der Waals surface area (Å²) in [5.74, 6) is 1.88. The lowest BCUT2D eigenvalue weighted by Gasteiger charge is -2.15. The lowest BCUT2D eigenvalue weighted by Crippen LogP contribution is -1.95. The second-order valence-electron chi connectivity index (χ2n) is 4.32. The third-order valence-electron chi connectivity index (χ3n) is 3.48. The summed E-state index contributed by atoms with van der Waals surface area (Å²) in [5.41, 5.74) is 3.64. The lowest BCUT2D eigenvalue weighted by molar-refractivity contribution is 0.410. The van der Waals surface area contributed by atoms with Crippen molar-refractivity contribution in [3.8, 4) is 11.5 Å². The molecule has 2 heteroatoms. The third-order valence-corrected chi connectivity index (χ3v) is 3.48. The van der Waals surface area contributed by atoms with Crippen LogP contribution < -0.4 is 9.47 Å². The van der Waals surface area contributed by atoms with Gasteiger partial charge in [0.05, 0.1) is 14.2 Å².